The summed E-state index contributed by atoms with van der Waals surface area (Å²) in [6.07, 6.45) is -1.45. The molecule has 0 bridgehead atoms. The second kappa shape index (κ2) is 8.01. The fourth-order valence-corrected chi connectivity index (χ4v) is 2.65. The molecule has 3 rings (SSSR count). The van der Waals surface area contributed by atoms with Gasteiger partial charge in [-0.25, -0.2) is 9.37 Å². The van der Waals surface area contributed by atoms with E-state index in [4.69, 9.17) is 4.42 Å². The van der Waals surface area contributed by atoms with Gasteiger partial charge in [-0.15, -0.1) is 0 Å². The van der Waals surface area contributed by atoms with Crippen molar-refractivity contribution in [1.29, 1.82) is 0 Å². The van der Waals surface area contributed by atoms with Crippen molar-refractivity contribution in [3.05, 3.63) is 82.8 Å². The molecule has 1 unspecified atom stereocenters. The van der Waals surface area contributed by atoms with E-state index in [1.807, 2.05) is 0 Å². The number of aliphatic hydroxyl groups is 1. The molecule has 1 atom stereocenters. The lowest BCUT2D eigenvalue weighted by Gasteiger charge is -2.07. The first-order valence-electron chi connectivity index (χ1n) is 8.44. The molecular formula is C20H18FN3O4. The minimum absolute atomic E-state index is 0.00557. The van der Waals surface area contributed by atoms with Crippen LogP contribution in [0.2, 0.25) is 0 Å². The van der Waals surface area contributed by atoms with Gasteiger partial charge in [0.1, 0.15) is 11.6 Å². The predicted molar refractivity (Wildman–Crippen MR) is 99.5 cm³/mol. The van der Waals surface area contributed by atoms with Gasteiger partial charge in [0.25, 0.3) is 11.8 Å². The van der Waals surface area contributed by atoms with Crippen molar-refractivity contribution >= 4 is 17.5 Å². The highest BCUT2D eigenvalue weighted by Gasteiger charge is 2.24. The maximum atomic E-state index is 13.9. The number of aryl methyl sites for hydroxylation is 1. The lowest BCUT2D eigenvalue weighted by atomic mass is 10.1. The second-order valence-corrected chi connectivity index (χ2v) is 5.99. The molecule has 28 heavy (non-hydrogen) atoms. The molecule has 0 saturated heterocycles. The Morgan fingerprint density at radius 2 is 1.89 bits per heavy atom. The van der Waals surface area contributed by atoms with Gasteiger partial charge in [0.05, 0.1) is 0 Å². The number of halogens is 1. The van der Waals surface area contributed by atoms with E-state index in [1.54, 1.807) is 24.3 Å². The molecule has 0 saturated carbocycles. The topological polar surface area (TPSA) is 104 Å². The predicted octanol–water partition coefficient (Wildman–Crippen LogP) is 2.82. The maximum absolute atomic E-state index is 13.9. The van der Waals surface area contributed by atoms with E-state index in [0.29, 0.717) is 11.3 Å². The highest BCUT2D eigenvalue weighted by Crippen LogP contribution is 2.25. The Morgan fingerprint density at radius 1 is 1.14 bits per heavy atom. The van der Waals surface area contributed by atoms with Crippen molar-refractivity contribution in [3.8, 4) is 0 Å². The van der Waals surface area contributed by atoms with Gasteiger partial charge < -0.3 is 20.2 Å². The lowest BCUT2D eigenvalue weighted by Crippen LogP contribution is -2.18. The average molecular weight is 383 g/mol. The van der Waals surface area contributed by atoms with Crippen LogP contribution in [0.1, 0.15) is 44.2 Å². The Morgan fingerprint density at radius 3 is 2.61 bits per heavy atom. The van der Waals surface area contributed by atoms with Crippen molar-refractivity contribution in [3.63, 3.8) is 0 Å². The minimum Gasteiger partial charge on any atom is -0.442 e. The Bertz CT molecular complexity index is 1030. The molecule has 0 radical (unpaired) electrons. The molecule has 0 spiro atoms. The number of benzene rings is 2. The van der Waals surface area contributed by atoms with Gasteiger partial charge in [0.15, 0.2) is 11.8 Å². The highest BCUT2D eigenvalue weighted by atomic mass is 19.1. The first-order chi connectivity index (χ1) is 13.4. The molecule has 3 N–H and O–H groups in total. The highest BCUT2D eigenvalue weighted by molar-refractivity contribution is 6.04. The van der Waals surface area contributed by atoms with Crippen LogP contribution in [0, 0.1) is 12.7 Å². The summed E-state index contributed by atoms with van der Waals surface area (Å²) in [5.41, 5.74) is 0.724. The molecule has 2 amide bonds. The molecule has 1 aromatic heterocycles. The third-order valence-electron chi connectivity index (χ3n) is 4.07. The summed E-state index contributed by atoms with van der Waals surface area (Å²) in [5.74, 6) is -1.49. The van der Waals surface area contributed by atoms with Crippen molar-refractivity contribution in [1.82, 2.24) is 10.3 Å². The summed E-state index contributed by atoms with van der Waals surface area (Å²) >= 11 is 0. The van der Waals surface area contributed by atoms with E-state index in [-0.39, 0.29) is 28.8 Å². The van der Waals surface area contributed by atoms with Crippen LogP contribution < -0.4 is 10.6 Å². The number of aromatic nitrogens is 1. The summed E-state index contributed by atoms with van der Waals surface area (Å²) in [7, 11) is 1.51. The van der Waals surface area contributed by atoms with Crippen molar-refractivity contribution in [2.24, 2.45) is 0 Å². The van der Waals surface area contributed by atoms with Crippen LogP contribution in [-0.4, -0.2) is 29.0 Å². The molecule has 8 heteroatoms. The van der Waals surface area contributed by atoms with Crippen molar-refractivity contribution < 1.29 is 23.5 Å². The van der Waals surface area contributed by atoms with E-state index in [9.17, 15) is 19.1 Å². The molecule has 7 nitrogen and oxygen atoms in total. The standard InChI is InChI=1S/C20H18FN3O4/c1-11-16(19(27)23-13-7-5-6-12(10-13)18(26)22-2)24-20(28-11)17(25)14-8-3-4-9-15(14)21/h3-10,17,25H,1-2H3,(H,22,26)(H,23,27). The first-order valence-corrected chi connectivity index (χ1v) is 8.44. The molecule has 0 aliphatic rings. The number of nitrogens with one attached hydrogen (secondary N) is 2. The number of oxazole rings is 1. The molecule has 0 fully saturated rings. The van der Waals surface area contributed by atoms with Gasteiger partial charge in [0.2, 0.25) is 5.89 Å². The van der Waals surface area contributed by atoms with Crippen LogP contribution in [0.4, 0.5) is 10.1 Å². The third kappa shape index (κ3) is 3.91. The number of amides is 2. The average Bonchev–Trinajstić information content (AvgIpc) is 3.09. The van der Waals surface area contributed by atoms with Gasteiger partial charge in [-0.3, -0.25) is 9.59 Å². The smallest absolute Gasteiger partial charge is 0.277 e. The molecule has 0 aliphatic carbocycles. The van der Waals surface area contributed by atoms with Crippen LogP contribution in [0.25, 0.3) is 0 Å². The van der Waals surface area contributed by atoms with E-state index in [0.717, 1.165) is 0 Å². The summed E-state index contributed by atoms with van der Waals surface area (Å²) in [6, 6.07) is 12.1. The van der Waals surface area contributed by atoms with Crippen LogP contribution in [0.3, 0.4) is 0 Å². The Hall–Kier alpha value is -3.52. The summed E-state index contributed by atoms with van der Waals surface area (Å²) in [5, 5.41) is 15.5. The lowest BCUT2D eigenvalue weighted by molar-refractivity contribution is 0.0961. The van der Waals surface area contributed by atoms with E-state index >= 15 is 0 Å². The van der Waals surface area contributed by atoms with Crippen LogP contribution >= 0.6 is 0 Å². The zero-order valence-electron chi connectivity index (χ0n) is 15.2. The number of nitrogens with zero attached hydrogens (tertiary/aromatic N) is 1. The summed E-state index contributed by atoms with van der Waals surface area (Å²) in [6.45, 7) is 1.51. The minimum atomic E-state index is -1.45. The van der Waals surface area contributed by atoms with Crippen molar-refractivity contribution in [2.75, 3.05) is 12.4 Å². The molecule has 1 heterocycles. The molecule has 0 aliphatic heterocycles. The van der Waals surface area contributed by atoms with Gasteiger partial charge >= 0.3 is 0 Å². The number of aliphatic hydroxyl groups excluding tert-OH is 1. The monoisotopic (exact) mass is 383 g/mol. The largest absolute Gasteiger partial charge is 0.442 e. The molecular weight excluding hydrogens is 365 g/mol. The maximum Gasteiger partial charge on any atom is 0.277 e. The van der Waals surface area contributed by atoms with E-state index < -0.39 is 17.8 Å². The fourth-order valence-electron chi connectivity index (χ4n) is 2.65. The van der Waals surface area contributed by atoms with E-state index in [1.165, 1.54) is 38.2 Å². The first kappa shape index (κ1) is 19.2. The quantitative estimate of drug-likeness (QED) is 0.628. The van der Waals surface area contributed by atoms with Crippen LogP contribution in [-0.2, 0) is 0 Å². The zero-order chi connectivity index (χ0) is 20.3. The number of hydrogen-bond acceptors (Lipinski definition) is 5. The Labute approximate surface area is 160 Å². The summed E-state index contributed by atoms with van der Waals surface area (Å²) in [4.78, 5) is 28.3. The molecule has 3 aromatic rings. The van der Waals surface area contributed by atoms with Crippen LogP contribution in [0.5, 0.6) is 0 Å². The van der Waals surface area contributed by atoms with E-state index in [2.05, 4.69) is 15.6 Å². The Balaban J connectivity index is 1.82. The fraction of sp³-hybridized carbons (Fsp3) is 0.150. The number of carbonyl (C=O) groups is 2. The van der Waals surface area contributed by atoms with Crippen molar-refractivity contribution in [2.45, 2.75) is 13.0 Å². The van der Waals surface area contributed by atoms with Gasteiger partial charge in [-0.05, 0) is 31.2 Å². The Kier molecular flexibility index (Phi) is 5.51. The van der Waals surface area contributed by atoms with Gasteiger partial charge in [-0.1, -0.05) is 24.3 Å². The number of hydrogen-bond donors (Lipinski definition) is 3. The van der Waals surface area contributed by atoms with Crippen LogP contribution in [0.15, 0.2) is 52.9 Å². The normalized spacial score (nSPS) is 11.7. The SMILES string of the molecule is CNC(=O)c1cccc(NC(=O)c2nc(C(O)c3ccccc3F)oc2C)c1. The number of carbonyl (C=O) groups excluding carboxylic acids is 2. The van der Waals surface area contributed by atoms with Gasteiger partial charge in [-0.2, -0.15) is 0 Å². The molecule has 144 valence electrons. The third-order valence-corrected chi connectivity index (χ3v) is 4.07. The zero-order valence-corrected chi connectivity index (χ0v) is 15.2. The second-order valence-electron chi connectivity index (χ2n) is 5.99. The number of anilines is 1. The number of rotatable bonds is 5. The summed E-state index contributed by atoms with van der Waals surface area (Å²) < 4.78 is 19.2. The van der Waals surface area contributed by atoms with Gasteiger partial charge in [0, 0.05) is 23.9 Å². The molecule has 2 aromatic carbocycles.